The fraction of sp³-hybridized carbons (Fsp3) is 1.00. The third kappa shape index (κ3) is 7.74. The zero-order chi connectivity index (χ0) is 8.69. The Morgan fingerprint density at radius 3 is 2.58 bits per heavy atom. The zero-order valence-corrected chi connectivity index (χ0v) is 7.88. The fourth-order valence-electron chi connectivity index (χ4n) is 0.520. The van der Waals surface area contributed by atoms with E-state index in [9.17, 15) is 4.57 Å². The Labute approximate surface area is 96.6 Å². The number of unbranched alkanes of at least 4 members (excludes halogenated alkanes) is 1. The molecule has 0 saturated heterocycles. The van der Waals surface area contributed by atoms with Crippen LogP contribution >= 0.6 is 8.03 Å². The normalized spacial score (nSPS) is 14.9. The second-order valence-electron chi connectivity index (χ2n) is 2.36. The predicted octanol–water partition coefficient (Wildman–Crippen LogP) is -0.127. The van der Waals surface area contributed by atoms with E-state index in [1.54, 1.807) is 0 Å². The quantitative estimate of drug-likeness (QED) is 0.359. The van der Waals surface area contributed by atoms with Gasteiger partial charge >= 0.3 is 29.6 Å². The van der Waals surface area contributed by atoms with Gasteiger partial charge in [0, 0.05) is 6.54 Å². The molecule has 0 aromatic heterocycles. The molecule has 0 spiro atoms. The Balaban J connectivity index is 0. The van der Waals surface area contributed by atoms with E-state index in [2.05, 4.69) is 0 Å². The second-order valence-corrected chi connectivity index (χ2v) is 4.03. The molecule has 2 atom stereocenters. The van der Waals surface area contributed by atoms with Gasteiger partial charge in [0.05, 0.1) is 12.4 Å². The van der Waals surface area contributed by atoms with Crippen molar-refractivity contribution in [2.24, 2.45) is 11.5 Å². The molecule has 4 nitrogen and oxygen atoms in total. The van der Waals surface area contributed by atoms with Gasteiger partial charge < -0.3 is 16.0 Å². The van der Waals surface area contributed by atoms with Crippen LogP contribution in [0.25, 0.3) is 0 Å². The molecule has 70 valence electrons. The van der Waals surface area contributed by atoms with Gasteiger partial charge in [0.25, 0.3) is 0 Å². The molecule has 0 aromatic rings. The molecule has 0 heterocycles. The topological polar surface area (TPSA) is 78.3 Å². The van der Waals surface area contributed by atoms with Crippen LogP contribution in [-0.4, -0.2) is 48.5 Å². The van der Waals surface area contributed by atoms with E-state index in [1.807, 2.05) is 6.92 Å². The van der Waals surface area contributed by atoms with Gasteiger partial charge in [-0.2, -0.15) is 0 Å². The summed E-state index contributed by atoms with van der Waals surface area (Å²) in [5, 5.41) is 0. The fourth-order valence-corrected chi connectivity index (χ4v) is 1.27. The molecular formula is C6H18N2NaO2P. The van der Waals surface area contributed by atoms with Gasteiger partial charge in [0.2, 0.25) is 8.03 Å². The van der Waals surface area contributed by atoms with Crippen molar-refractivity contribution in [1.29, 1.82) is 0 Å². The van der Waals surface area contributed by atoms with Gasteiger partial charge in [0.1, 0.15) is 0 Å². The summed E-state index contributed by atoms with van der Waals surface area (Å²) in [5.74, 6) is -0.475. The Hall–Kier alpha value is 1.11. The van der Waals surface area contributed by atoms with Crippen LogP contribution in [0.5, 0.6) is 0 Å². The van der Waals surface area contributed by atoms with Crippen molar-refractivity contribution in [2.45, 2.75) is 25.5 Å². The number of hydrogen-bond acceptors (Lipinski definition) is 4. The van der Waals surface area contributed by atoms with Crippen LogP contribution in [0.4, 0.5) is 0 Å². The Bertz CT molecular complexity index is 126. The van der Waals surface area contributed by atoms with Crippen LogP contribution in [0.1, 0.15) is 19.8 Å². The number of hydrogen-bond donors (Lipinski definition) is 2. The summed E-state index contributed by atoms with van der Waals surface area (Å²) < 4.78 is 16.0. The van der Waals surface area contributed by atoms with Gasteiger partial charge in [0.15, 0.2) is 0 Å². The standard InChI is InChI=1S/C6H17N2O2P.Na.H/c1-2-3-4-10-11(9)6(8)5-7;;/h6,11H,2-5,7-8H2,1H3;;. The van der Waals surface area contributed by atoms with Crippen molar-refractivity contribution >= 4 is 37.6 Å². The van der Waals surface area contributed by atoms with Crippen LogP contribution in [0.3, 0.4) is 0 Å². The van der Waals surface area contributed by atoms with Gasteiger partial charge in [-0.1, -0.05) is 13.3 Å². The molecule has 0 saturated carbocycles. The summed E-state index contributed by atoms with van der Waals surface area (Å²) in [4.78, 5) is 0. The van der Waals surface area contributed by atoms with E-state index < -0.39 is 13.8 Å². The van der Waals surface area contributed by atoms with Gasteiger partial charge in [-0.3, -0.25) is 4.57 Å². The molecule has 0 aromatic carbocycles. The third-order valence-corrected chi connectivity index (χ3v) is 2.63. The molecule has 0 aliphatic rings. The molecule has 0 fully saturated rings. The van der Waals surface area contributed by atoms with Crippen molar-refractivity contribution in [3.63, 3.8) is 0 Å². The van der Waals surface area contributed by atoms with Crippen molar-refractivity contribution < 1.29 is 9.09 Å². The molecule has 12 heavy (non-hydrogen) atoms. The molecule has 0 radical (unpaired) electrons. The van der Waals surface area contributed by atoms with Crippen LogP contribution < -0.4 is 11.5 Å². The van der Waals surface area contributed by atoms with Crippen molar-refractivity contribution in [3.05, 3.63) is 0 Å². The second kappa shape index (κ2) is 10.2. The molecule has 0 bridgehead atoms. The van der Waals surface area contributed by atoms with E-state index in [1.165, 1.54) is 0 Å². The van der Waals surface area contributed by atoms with Gasteiger partial charge in [-0.25, -0.2) is 0 Å². The van der Waals surface area contributed by atoms with Crippen LogP contribution in [0.2, 0.25) is 0 Å². The average molecular weight is 204 g/mol. The first-order valence-corrected chi connectivity index (χ1v) is 5.24. The number of nitrogens with two attached hydrogens (primary N) is 2. The summed E-state index contributed by atoms with van der Waals surface area (Å²) in [5.41, 5.74) is 10.6. The summed E-state index contributed by atoms with van der Waals surface area (Å²) >= 11 is 0. The van der Waals surface area contributed by atoms with Crippen LogP contribution in [-0.2, 0) is 9.09 Å². The first kappa shape index (κ1) is 15.6. The maximum atomic E-state index is 11.0. The van der Waals surface area contributed by atoms with Crippen LogP contribution in [0.15, 0.2) is 0 Å². The van der Waals surface area contributed by atoms with Crippen LogP contribution in [0, 0.1) is 0 Å². The molecule has 0 rings (SSSR count). The molecule has 2 unspecified atom stereocenters. The monoisotopic (exact) mass is 204 g/mol. The average Bonchev–Trinajstić information content (AvgIpc) is 2.03. The maximum absolute atomic E-state index is 11.0. The Morgan fingerprint density at radius 1 is 1.58 bits per heavy atom. The van der Waals surface area contributed by atoms with Crippen molar-refractivity contribution in [1.82, 2.24) is 0 Å². The van der Waals surface area contributed by atoms with E-state index in [0.29, 0.717) is 6.61 Å². The van der Waals surface area contributed by atoms with Gasteiger partial charge in [-0.15, -0.1) is 0 Å². The van der Waals surface area contributed by atoms with E-state index in [4.69, 9.17) is 16.0 Å². The summed E-state index contributed by atoms with van der Waals surface area (Å²) in [6.45, 7) is 2.80. The molecule has 0 aliphatic heterocycles. The summed E-state index contributed by atoms with van der Waals surface area (Å²) in [7, 11) is -2.09. The predicted molar refractivity (Wildman–Crippen MR) is 54.0 cm³/mol. The zero-order valence-electron chi connectivity index (χ0n) is 6.88. The first-order valence-electron chi connectivity index (χ1n) is 3.84. The van der Waals surface area contributed by atoms with Crippen molar-refractivity contribution in [2.75, 3.05) is 13.2 Å². The van der Waals surface area contributed by atoms with E-state index in [-0.39, 0.29) is 36.1 Å². The minimum atomic E-state index is -2.09. The van der Waals surface area contributed by atoms with E-state index >= 15 is 0 Å². The molecule has 6 heteroatoms. The summed E-state index contributed by atoms with van der Waals surface area (Å²) in [6, 6.07) is 0. The number of rotatable bonds is 6. The molecule has 4 N–H and O–H groups in total. The van der Waals surface area contributed by atoms with Crippen molar-refractivity contribution in [3.8, 4) is 0 Å². The van der Waals surface area contributed by atoms with Gasteiger partial charge in [-0.05, 0) is 6.42 Å². The first-order chi connectivity index (χ1) is 5.22. The third-order valence-electron chi connectivity index (χ3n) is 1.30. The van der Waals surface area contributed by atoms with E-state index in [0.717, 1.165) is 12.8 Å². The molecular weight excluding hydrogens is 186 g/mol. The Morgan fingerprint density at radius 2 is 2.17 bits per heavy atom. The summed E-state index contributed by atoms with van der Waals surface area (Å²) in [6.07, 6.45) is 1.96. The Kier molecular flexibility index (Phi) is 13.2. The minimum absolute atomic E-state index is 0. The SMILES string of the molecule is CCCCO[PH](=O)C(N)CN.[NaH]. The molecule has 0 amide bonds. The molecule has 0 aliphatic carbocycles.